The van der Waals surface area contributed by atoms with Gasteiger partial charge in [0.05, 0.1) is 0 Å². The zero-order chi connectivity index (χ0) is 13.7. The largest absolute Gasteiger partial charge is 0.354 e. The van der Waals surface area contributed by atoms with E-state index in [9.17, 15) is 0 Å². The van der Waals surface area contributed by atoms with Crippen molar-refractivity contribution < 1.29 is 0 Å². The Morgan fingerprint density at radius 3 is 2.63 bits per heavy atom. The number of hydrogen-bond donors (Lipinski definition) is 1. The topological polar surface area (TPSA) is 28.2 Å². The third kappa shape index (κ3) is 3.93. The first-order valence-corrected chi connectivity index (χ1v) is 7.72. The number of hydrogen-bond acceptors (Lipinski definition) is 3. The van der Waals surface area contributed by atoms with Crippen molar-refractivity contribution in [3.8, 4) is 0 Å². The molecule has 3 heteroatoms. The minimum absolute atomic E-state index is 0.391. The van der Waals surface area contributed by atoms with Crippen molar-refractivity contribution in [2.45, 2.75) is 58.5 Å². The van der Waals surface area contributed by atoms with Crippen molar-refractivity contribution in [1.82, 2.24) is 10.3 Å². The summed E-state index contributed by atoms with van der Waals surface area (Å²) in [5, 5.41) is 3.50. The number of nitrogens with zero attached hydrogens (tertiary/aromatic N) is 2. The molecule has 1 heterocycles. The van der Waals surface area contributed by atoms with E-state index in [-0.39, 0.29) is 0 Å². The Kier molecular flexibility index (Phi) is 5.20. The van der Waals surface area contributed by atoms with Gasteiger partial charge in [-0.15, -0.1) is 0 Å². The molecular weight excluding hydrogens is 234 g/mol. The van der Waals surface area contributed by atoms with Crippen LogP contribution in [0.2, 0.25) is 0 Å². The quantitative estimate of drug-likeness (QED) is 0.776. The van der Waals surface area contributed by atoms with Crippen LogP contribution in [-0.4, -0.2) is 24.1 Å². The monoisotopic (exact) mass is 261 g/mol. The molecule has 1 unspecified atom stereocenters. The van der Waals surface area contributed by atoms with Gasteiger partial charge >= 0.3 is 0 Å². The van der Waals surface area contributed by atoms with Gasteiger partial charge in [0, 0.05) is 24.8 Å². The molecule has 0 amide bonds. The van der Waals surface area contributed by atoms with Gasteiger partial charge < -0.3 is 10.2 Å². The van der Waals surface area contributed by atoms with Gasteiger partial charge in [0.2, 0.25) is 0 Å². The van der Waals surface area contributed by atoms with Crippen LogP contribution in [0.5, 0.6) is 0 Å². The maximum Gasteiger partial charge on any atom is 0.128 e. The zero-order valence-electron chi connectivity index (χ0n) is 12.5. The van der Waals surface area contributed by atoms with Crippen molar-refractivity contribution in [2.24, 2.45) is 0 Å². The third-order valence-corrected chi connectivity index (χ3v) is 3.72. The molecule has 1 aromatic heterocycles. The van der Waals surface area contributed by atoms with Crippen LogP contribution < -0.4 is 10.2 Å². The van der Waals surface area contributed by atoms with Crippen molar-refractivity contribution in [2.75, 3.05) is 18.0 Å². The molecule has 1 aliphatic carbocycles. The van der Waals surface area contributed by atoms with Crippen LogP contribution in [-0.2, 0) is 0 Å². The number of anilines is 1. The average Bonchev–Trinajstić information content (AvgIpc) is 3.27. The van der Waals surface area contributed by atoms with Crippen molar-refractivity contribution in [3.05, 3.63) is 23.9 Å². The molecule has 0 spiro atoms. The van der Waals surface area contributed by atoms with Crippen LogP contribution in [0.25, 0.3) is 0 Å². The second kappa shape index (κ2) is 6.90. The van der Waals surface area contributed by atoms with Gasteiger partial charge in [-0.25, -0.2) is 4.98 Å². The standard InChI is InChI=1S/C16H27N3/c1-4-10-17-13(3)14-6-9-16(18-12-14)19(11-5-2)15-7-8-15/h6,9,12-13,15,17H,4-5,7-8,10-11H2,1-3H3. The van der Waals surface area contributed by atoms with Crippen LogP contribution in [0, 0.1) is 0 Å². The first-order valence-electron chi connectivity index (χ1n) is 7.72. The Morgan fingerprint density at radius 1 is 1.32 bits per heavy atom. The predicted octanol–water partition coefficient (Wildman–Crippen LogP) is 3.52. The highest BCUT2D eigenvalue weighted by Crippen LogP contribution is 2.30. The SMILES string of the molecule is CCCNC(C)c1ccc(N(CCC)C2CC2)nc1. The maximum atomic E-state index is 4.67. The van der Waals surface area contributed by atoms with Gasteiger partial charge in [-0.2, -0.15) is 0 Å². The number of pyridine rings is 1. The van der Waals surface area contributed by atoms with E-state index < -0.39 is 0 Å². The van der Waals surface area contributed by atoms with Crippen LogP contribution in [0.4, 0.5) is 5.82 Å². The summed E-state index contributed by atoms with van der Waals surface area (Å²) >= 11 is 0. The van der Waals surface area contributed by atoms with E-state index in [2.05, 4.69) is 48.1 Å². The molecule has 1 N–H and O–H groups in total. The van der Waals surface area contributed by atoms with Gasteiger partial charge in [0.25, 0.3) is 0 Å². The zero-order valence-corrected chi connectivity index (χ0v) is 12.5. The van der Waals surface area contributed by atoms with Crippen molar-refractivity contribution in [1.29, 1.82) is 0 Å². The van der Waals surface area contributed by atoms with Gasteiger partial charge in [0.15, 0.2) is 0 Å². The fourth-order valence-corrected chi connectivity index (χ4v) is 2.41. The molecule has 0 aromatic carbocycles. The van der Waals surface area contributed by atoms with Crippen LogP contribution >= 0.6 is 0 Å². The van der Waals surface area contributed by atoms with Gasteiger partial charge in [-0.05, 0) is 50.8 Å². The van der Waals surface area contributed by atoms with E-state index in [0.717, 1.165) is 24.9 Å². The molecule has 0 aliphatic heterocycles. The lowest BCUT2D eigenvalue weighted by Gasteiger charge is -2.23. The van der Waals surface area contributed by atoms with E-state index >= 15 is 0 Å². The van der Waals surface area contributed by atoms with Crippen LogP contribution in [0.3, 0.4) is 0 Å². The van der Waals surface area contributed by atoms with Gasteiger partial charge in [0.1, 0.15) is 5.82 Å². The fourth-order valence-electron chi connectivity index (χ4n) is 2.41. The Morgan fingerprint density at radius 2 is 2.11 bits per heavy atom. The number of aromatic nitrogens is 1. The summed E-state index contributed by atoms with van der Waals surface area (Å²) in [7, 11) is 0. The van der Waals surface area contributed by atoms with Crippen molar-refractivity contribution >= 4 is 5.82 Å². The summed E-state index contributed by atoms with van der Waals surface area (Å²) in [5.41, 5.74) is 1.28. The van der Waals surface area contributed by atoms with E-state index in [0.29, 0.717) is 6.04 Å². The summed E-state index contributed by atoms with van der Waals surface area (Å²) in [6, 6.07) is 5.55. The highest BCUT2D eigenvalue weighted by atomic mass is 15.2. The van der Waals surface area contributed by atoms with Crippen molar-refractivity contribution in [3.63, 3.8) is 0 Å². The predicted molar refractivity (Wildman–Crippen MR) is 81.6 cm³/mol. The molecule has 1 aliphatic rings. The van der Waals surface area contributed by atoms with E-state index in [4.69, 9.17) is 0 Å². The lowest BCUT2D eigenvalue weighted by molar-refractivity contribution is 0.569. The normalized spacial score (nSPS) is 16.4. The molecule has 0 bridgehead atoms. The molecule has 106 valence electrons. The summed E-state index contributed by atoms with van der Waals surface area (Å²) in [5.74, 6) is 1.15. The Bertz CT molecular complexity index is 370. The molecule has 1 fully saturated rings. The van der Waals surface area contributed by atoms with Gasteiger partial charge in [-0.3, -0.25) is 0 Å². The maximum absolute atomic E-state index is 4.67. The van der Waals surface area contributed by atoms with Crippen LogP contribution in [0.1, 0.15) is 58.1 Å². The lowest BCUT2D eigenvalue weighted by atomic mass is 10.1. The molecule has 2 rings (SSSR count). The lowest BCUT2D eigenvalue weighted by Crippen LogP contribution is -2.27. The second-order valence-electron chi connectivity index (χ2n) is 5.55. The van der Waals surface area contributed by atoms with Crippen LogP contribution in [0.15, 0.2) is 18.3 Å². The summed E-state index contributed by atoms with van der Waals surface area (Å²) in [6.45, 7) is 8.82. The Hall–Kier alpha value is -1.09. The number of rotatable bonds is 8. The Balaban J connectivity index is 2.00. The minimum atomic E-state index is 0.391. The highest BCUT2D eigenvalue weighted by molar-refractivity contribution is 5.42. The Labute approximate surface area is 117 Å². The molecule has 1 aromatic rings. The smallest absolute Gasteiger partial charge is 0.128 e. The highest BCUT2D eigenvalue weighted by Gasteiger charge is 2.29. The number of nitrogens with one attached hydrogen (secondary N) is 1. The first kappa shape index (κ1) is 14.3. The first-order chi connectivity index (χ1) is 9.26. The van der Waals surface area contributed by atoms with Gasteiger partial charge in [-0.1, -0.05) is 19.9 Å². The molecule has 0 saturated heterocycles. The molecule has 1 atom stereocenters. The fraction of sp³-hybridized carbons (Fsp3) is 0.688. The minimum Gasteiger partial charge on any atom is -0.354 e. The molecule has 0 radical (unpaired) electrons. The average molecular weight is 261 g/mol. The third-order valence-electron chi connectivity index (χ3n) is 3.72. The molecule has 3 nitrogen and oxygen atoms in total. The summed E-state index contributed by atoms with van der Waals surface area (Å²) in [4.78, 5) is 7.14. The molecule has 1 saturated carbocycles. The van der Waals surface area contributed by atoms with E-state index in [1.54, 1.807) is 0 Å². The van der Waals surface area contributed by atoms with E-state index in [1.807, 2.05) is 6.20 Å². The molecule has 19 heavy (non-hydrogen) atoms. The second-order valence-corrected chi connectivity index (χ2v) is 5.55. The summed E-state index contributed by atoms with van der Waals surface area (Å²) < 4.78 is 0. The van der Waals surface area contributed by atoms with E-state index in [1.165, 1.54) is 31.2 Å². The summed E-state index contributed by atoms with van der Waals surface area (Å²) in [6.07, 6.45) is 7.06. The molecular formula is C16H27N3.